The molecule has 3 aromatic rings. The van der Waals surface area contributed by atoms with Crippen LogP contribution in [0, 0.1) is 29.9 Å². The maximum absolute atomic E-state index is 13.9. The highest BCUT2D eigenvalue weighted by atomic mass is 79.9. The number of H-pyrrole nitrogens is 1. The van der Waals surface area contributed by atoms with Crippen molar-refractivity contribution in [2.24, 2.45) is 0 Å². The Morgan fingerprint density at radius 3 is 2.64 bits per heavy atom. The first kappa shape index (κ1) is 19.8. The number of halogens is 3. The molecule has 0 saturated heterocycles. The van der Waals surface area contributed by atoms with E-state index in [0.717, 1.165) is 17.7 Å². The van der Waals surface area contributed by atoms with Gasteiger partial charge in [0.25, 0.3) is 5.56 Å². The summed E-state index contributed by atoms with van der Waals surface area (Å²) in [5, 5.41) is 9.32. The van der Waals surface area contributed by atoms with Gasteiger partial charge in [0.1, 0.15) is 28.5 Å². The molecule has 1 N–H and O–H groups in total. The van der Waals surface area contributed by atoms with Crippen LogP contribution in [0.5, 0.6) is 5.75 Å². The third-order valence-corrected chi connectivity index (χ3v) is 5.04. The number of nitriles is 1. The van der Waals surface area contributed by atoms with Crippen molar-refractivity contribution in [3.05, 3.63) is 96.9 Å². The number of benzene rings is 2. The molecule has 3 rings (SSSR count). The van der Waals surface area contributed by atoms with E-state index in [0.29, 0.717) is 23.2 Å². The van der Waals surface area contributed by atoms with Crippen LogP contribution in [-0.2, 0) is 13.0 Å². The predicted molar refractivity (Wildman–Crippen MR) is 104 cm³/mol. The molecule has 0 atom stereocenters. The maximum Gasteiger partial charge on any atom is 0.266 e. The molecule has 142 valence electrons. The van der Waals surface area contributed by atoms with Gasteiger partial charge < -0.3 is 9.72 Å². The Balaban J connectivity index is 2.00. The van der Waals surface area contributed by atoms with Crippen LogP contribution in [0.25, 0.3) is 0 Å². The van der Waals surface area contributed by atoms with Gasteiger partial charge in [0.2, 0.25) is 0 Å². The van der Waals surface area contributed by atoms with Gasteiger partial charge in [-0.1, -0.05) is 18.2 Å². The molecule has 0 spiro atoms. The van der Waals surface area contributed by atoms with Gasteiger partial charge in [0.15, 0.2) is 0 Å². The topological polar surface area (TPSA) is 65.9 Å². The number of hydrogen-bond acceptors (Lipinski definition) is 3. The van der Waals surface area contributed by atoms with Gasteiger partial charge in [-0.2, -0.15) is 5.26 Å². The third kappa shape index (κ3) is 4.12. The average Bonchev–Trinajstić information content (AvgIpc) is 2.67. The first-order valence-corrected chi connectivity index (χ1v) is 9.16. The first-order valence-electron chi connectivity index (χ1n) is 8.36. The molecule has 0 saturated carbocycles. The van der Waals surface area contributed by atoms with E-state index >= 15 is 0 Å². The smallest absolute Gasteiger partial charge is 0.266 e. The second-order valence-electron chi connectivity index (χ2n) is 6.17. The summed E-state index contributed by atoms with van der Waals surface area (Å²) in [5.74, 6) is -1.14. The minimum Gasteiger partial charge on any atom is -0.487 e. The molecule has 1 aromatic heterocycles. The van der Waals surface area contributed by atoms with E-state index in [-0.39, 0.29) is 28.0 Å². The minimum absolute atomic E-state index is 0.162. The second kappa shape index (κ2) is 8.36. The zero-order valence-corrected chi connectivity index (χ0v) is 16.4. The van der Waals surface area contributed by atoms with Crippen LogP contribution >= 0.6 is 15.9 Å². The number of aromatic nitrogens is 1. The van der Waals surface area contributed by atoms with Gasteiger partial charge in [-0.05, 0) is 46.6 Å². The number of nitrogens with one attached hydrogen (secondary N) is 1. The molecule has 0 aliphatic rings. The van der Waals surface area contributed by atoms with Crippen molar-refractivity contribution in [2.45, 2.75) is 20.0 Å². The summed E-state index contributed by atoms with van der Waals surface area (Å²) in [6.45, 7) is 1.55. The number of aromatic amines is 1. The summed E-state index contributed by atoms with van der Waals surface area (Å²) >= 11 is 3.23. The largest absolute Gasteiger partial charge is 0.487 e. The van der Waals surface area contributed by atoms with Crippen molar-refractivity contribution in [3.8, 4) is 11.8 Å². The van der Waals surface area contributed by atoms with E-state index in [1.807, 2.05) is 12.1 Å². The highest BCUT2D eigenvalue weighted by molar-refractivity contribution is 9.10. The zero-order valence-electron chi connectivity index (χ0n) is 14.9. The molecule has 7 heteroatoms. The first-order chi connectivity index (χ1) is 13.4. The molecule has 1 heterocycles. The molecule has 0 amide bonds. The lowest BCUT2D eigenvalue weighted by molar-refractivity contribution is 0.293. The molecule has 0 radical (unpaired) electrons. The van der Waals surface area contributed by atoms with E-state index in [9.17, 15) is 18.8 Å². The summed E-state index contributed by atoms with van der Waals surface area (Å²) in [6, 6.07) is 12.5. The monoisotopic (exact) mass is 444 g/mol. The van der Waals surface area contributed by atoms with Crippen LogP contribution < -0.4 is 10.3 Å². The number of nitrogens with zero attached hydrogens (tertiary/aromatic N) is 1. The van der Waals surface area contributed by atoms with Crippen molar-refractivity contribution < 1.29 is 13.5 Å². The van der Waals surface area contributed by atoms with Crippen molar-refractivity contribution in [2.75, 3.05) is 0 Å². The van der Waals surface area contributed by atoms with E-state index in [1.54, 1.807) is 19.1 Å². The molecule has 0 fully saturated rings. The summed E-state index contributed by atoms with van der Waals surface area (Å²) in [4.78, 5) is 14.9. The summed E-state index contributed by atoms with van der Waals surface area (Å²) in [5.41, 5.74) is 2.30. The Hall–Kier alpha value is -2.98. The lowest BCUT2D eigenvalue weighted by Gasteiger charge is -2.16. The fourth-order valence-corrected chi connectivity index (χ4v) is 3.29. The molecule has 28 heavy (non-hydrogen) atoms. The summed E-state index contributed by atoms with van der Waals surface area (Å²) in [7, 11) is 0. The van der Waals surface area contributed by atoms with Crippen molar-refractivity contribution in [1.29, 1.82) is 5.26 Å². The van der Waals surface area contributed by atoms with E-state index < -0.39 is 11.6 Å². The predicted octanol–water partition coefficient (Wildman–Crippen LogP) is 4.77. The van der Waals surface area contributed by atoms with Crippen LogP contribution in [-0.4, -0.2) is 4.98 Å². The standard InChI is InChI=1S/C21H15BrF2N2O2/c1-12-17(8-13-4-2-3-5-14(13)10-25)20(19(22)21(27)26-12)28-11-15-6-7-16(23)9-18(15)24/h2-7,9H,8,11H2,1H3,(H,26,27). The van der Waals surface area contributed by atoms with Gasteiger partial charge in [-0.25, -0.2) is 8.78 Å². The van der Waals surface area contributed by atoms with Crippen LogP contribution in [0.15, 0.2) is 51.7 Å². The number of hydrogen-bond donors (Lipinski definition) is 1. The fourth-order valence-electron chi connectivity index (χ4n) is 2.83. The Morgan fingerprint density at radius 1 is 1.18 bits per heavy atom. The van der Waals surface area contributed by atoms with Gasteiger partial charge in [-0.3, -0.25) is 4.79 Å². The minimum atomic E-state index is -0.728. The quantitative estimate of drug-likeness (QED) is 0.616. The summed E-state index contributed by atoms with van der Waals surface area (Å²) in [6.07, 6.45) is 0.339. The summed E-state index contributed by atoms with van der Waals surface area (Å²) < 4.78 is 33.0. The highest BCUT2D eigenvalue weighted by Crippen LogP contribution is 2.31. The van der Waals surface area contributed by atoms with Crippen molar-refractivity contribution in [3.63, 3.8) is 0 Å². The molecular weight excluding hydrogens is 430 g/mol. The second-order valence-corrected chi connectivity index (χ2v) is 6.96. The van der Waals surface area contributed by atoms with E-state index in [1.165, 1.54) is 6.07 Å². The lowest BCUT2D eigenvalue weighted by atomic mass is 9.99. The van der Waals surface area contributed by atoms with Gasteiger partial charge >= 0.3 is 0 Å². The Bertz CT molecular complexity index is 1140. The number of pyridine rings is 1. The SMILES string of the molecule is Cc1[nH]c(=O)c(Br)c(OCc2ccc(F)cc2F)c1Cc1ccccc1C#N. The van der Waals surface area contributed by atoms with E-state index in [4.69, 9.17) is 4.74 Å². The Morgan fingerprint density at radius 2 is 1.93 bits per heavy atom. The van der Waals surface area contributed by atoms with Crippen LogP contribution in [0.1, 0.15) is 27.9 Å². The highest BCUT2D eigenvalue weighted by Gasteiger charge is 2.18. The lowest BCUT2D eigenvalue weighted by Crippen LogP contribution is -2.15. The number of rotatable bonds is 5. The van der Waals surface area contributed by atoms with Crippen molar-refractivity contribution >= 4 is 15.9 Å². The van der Waals surface area contributed by atoms with Gasteiger partial charge in [-0.15, -0.1) is 0 Å². The van der Waals surface area contributed by atoms with Crippen LogP contribution in [0.3, 0.4) is 0 Å². The molecule has 0 bridgehead atoms. The average molecular weight is 445 g/mol. The maximum atomic E-state index is 13.9. The zero-order chi connectivity index (χ0) is 20.3. The molecule has 2 aromatic carbocycles. The third-order valence-electron chi connectivity index (χ3n) is 4.32. The van der Waals surface area contributed by atoms with Crippen LogP contribution in [0.2, 0.25) is 0 Å². The molecular formula is C21H15BrF2N2O2. The van der Waals surface area contributed by atoms with E-state index in [2.05, 4.69) is 27.0 Å². The molecule has 0 aliphatic carbocycles. The fraction of sp³-hybridized carbons (Fsp3) is 0.143. The molecule has 0 unspecified atom stereocenters. The normalized spacial score (nSPS) is 10.5. The number of aryl methyl sites for hydroxylation is 1. The number of ether oxygens (including phenoxy) is 1. The molecule has 0 aliphatic heterocycles. The van der Waals surface area contributed by atoms with Crippen LogP contribution in [0.4, 0.5) is 8.78 Å². The van der Waals surface area contributed by atoms with Gasteiger partial charge in [0, 0.05) is 29.3 Å². The van der Waals surface area contributed by atoms with Gasteiger partial charge in [0.05, 0.1) is 11.6 Å². The Kier molecular flexibility index (Phi) is 5.90. The Labute approximate surface area is 168 Å². The molecule has 4 nitrogen and oxygen atoms in total. The van der Waals surface area contributed by atoms with Crippen molar-refractivity contribution in [1.82, 2.24) is 4.98 Å².